The van der Waals surface area contributed by atoms with E-state index in [9.17, 15) is 9.18 Å². The molecule has 1 aliphatic heterocycles. The summed E-state index contributed by atoms with van der Waals surface area (Å²) in [5.74, 6) is 1.46. The zero-order valence-corrected chi connectivity index (χ0v) is 17.1. The summed E-state index contributed by atoms with van der Waals surface area (Å²) in [5, 5.41) is 3.32. The first kappa shape index (κ1) is 19.8. The maximum Gasteiger partial charge on any atom is 0.256 e. The van der Waals surface area contributed by atoms with Crippen molar-refractivity contribution < 1.29 is 9.18 Å². The van der Waals surface area contributed by atoms with Crippen LogP contribution in [0.25, 0.3) is 0 Å². The Labute approximate surface area is 175 Å². The lowest BCUT2D eigenvalue weighted by atomic mass is 10.1. The molecule has 6 nitrogen and oxygen atoms in total. The van der Waals surface area contributed by atoms with Gasteiger partial charge in [0.05, 0.1) is 5.56 Å². The molecule has 1 saturated heterocycles. The lowest BCUT2D eigenvalue weighted by molar-refractivity contribution is 0.0742. The van der Waals surface area contributed by atoms with Crippen molar-refractivity contribution in [1.29, 1.82) is 0 Å². The SMILES string of the molecule is Cc1ccc(Nc2cc(N3CCN(C(=O)c4ccccc4F)CC3)nc(C)n2)cc1. The molecule has 1 amide bonds. The zero-order valence-electron chi connectivity index (χ0n) is 17.1. The minimum absolute atomic E-state index is 0.119. The second kappa shape index (κ2) is 8.49. The van der Waals surface area contributed by atoms with E-state index >= 15 is 0 Å². The van der Waals surface area contributed by atoms with Crippen LogP contribution in [0.5, 0.6) is 0 Å². The number of amides is 1. The molecule has 1 fully saturated rings. The van der Waals surface area contributed by atoms with Gasteiger partial charge in [0.15, 0.2) is 0 Å². The molecule has 0 unspecified atom stereocenters. The Morgan fingerprint density at radius 3 is 2.37 bits per heavy atom. The number of nitrogens with one attached hydrogen (secondary N) is 1. The highest BCUT2D eigenvalue weighted by Gasteiger charge is 2.25. The third-order valence-corrected chi connectivity index (χ3v) is 5.14. The van der Waals surface area contributed by atoms with Gasteiger partial charge in [-0.2, -0.15) is 0 Å². The lowest BCUT2D eigenvalue weighted by Gasteiger charge is -2.35. The smallest absolute Gasteiger partial charge is 0.256 e. The standard InChI is InChI=1S/C23H24FN5O/c1-16-7-9-18(10-8-16)27-21-15-22(26-17(2)25-21)28-11-13-29(14-12-28)23(30)19-5-3-4-6-20(19)24/h3-10,15H,11-14H2,1-2H3,(H,25,26,27). The number of nitrogens with zero attached hydrogens (tertiary/aromatic N) is 4. The molecule has 2 heterocycles. The van der Waals surface area contributed by atoms with Crippen LogP contribution in [-0.4, -0.2) is 47.0 Å². The first-order valence-electron chi connectivity index (χ1n) is 9.98. The van der Waals surface area contributed by atoms with Crippen molar-refractivity contribution in [3.05, 3.63) is 77.4 Å². The van der Waals surface area contributed by atoms with Crippen molar-refractivity contribution in [1.82, 2.24) is 14.9 Å². The van der Waals surface area contributed by atoms with Gasteiger partial charge in [0, 0.05) is 37.9 Å². The Bertz CT molecular complexity index is 1050. The first-order chi connectivity index (χ1) is 14.5. The average molecular weight is 405 g/mol. The van der Waals surface area contributed by atoms with Gasteiger partial charge in [-0.3, -0.25) is 4.79 Å². The topological polar surface area (TPSA) is 61.4 Å². The van der Waals surface area contributed by atoms with Gasteiger partial charge in [0.2, 0.25) is 0 Å². The highest BCUT2D eigenvalue weighted by Crippen LogP contribution is 2.22. The number of hydrogen-bond acceptors (Lipinski definition) is 5. The van der Waals surface area contributed by atoms with Crippen molar-refractivity contribution in [2.45, 2.75) is 13.8 Å². The van der Waals surface area contributed by atoms with E-state index in [0.29, 0.717) is 32.0 Å². The van der Waals surface area contributed by atoms with Crippen LogP contribution < -0.4 is 10.2 Å². The summed E-state index contributed by atoms with van der Waals surface area (Å²) in [6.07, 6.45) is 0. The van der Waals surface area contributed by atoms with Crippen molar-refractivity contribution in [3.8, 4) is 0 Å². The summed E-state index contributed by atoms with van der Waals surface area (Å²) < 4.78 is 13.9. The number of piperazine rings is 1. The number of rotatable bonds is 4. The Morgan fingerprint density at radius 1 is 0.967 bits per heavy atom. The molecule has 0 atom stereocenters. The number of carbonyl (C=O) groups is 1. The van der Waals surface area contributed by atoms with E-state index < -0.39 is 5.82 Å². The highest BCUT2D eigenvalue weighted by atomic mass is 19.1. The van der Waals surface area contributed by atoms with Gasteiger partial charge in [0.25, 0.3) is 5.91 Å². The van der Waals surface area contributed by atoms with E-state index in [-0.39, 0.29) is 11.5 Å². The van der Waals surface area contributed by atoms with Crippen LogP contribution in [0.1, 0.15) is 21.7 Å². The van der Waals surface area contributed by atoms with Crippen molar-refractivity contribution in [2.24, 2.45) is 0 Å². The zero-order chi connectivity index (χ0) is 21.1. The summed E-state index contributed by atoms with van der Waals surface area (Å²) in [6.45, 7) is 6.18. The number of aromatic nitrogens is 2. The van der Waals surface area contributed by atoms with E-state index in [2.05, 4.69) is 20.2 Å². The number of benzene rings is 2. The third kappa shape index (κ3) is 4.40. The van der Waals surface area contributed by atoms with Crippen LogP contribution in [0.4, 0.5) is 21.7 Å². The quantitative estimate of drug-likeness (QED) is 0.713. The second-order valence-corrected chi connectivity index (χ2v) is 7.41. The molecule has 0 radical (unpaired) electrons. The van der Waals surface area contributed by atoms with E-state index in [0.717, 1.165) is 17.3 Å². The average Bonchev–Trinajstić information content (AvgIpc) is 2.75. The predicted octanol–water partition coefficient (Wildman–Crippen LogP) is 3.94. The van der Waals surface area contributed by atoms with Gasteiger partial charge in [-0.05, 0) is 38.1 Å². The minimum atomic E-state index is -0.483. The summed E-state index contributed by atoms with van der Waals surface area (Å²) in [6, 6.07) is 16.1. The molecular formula is C23H24FN5O. The molecule has 2 aromatic carbocycles. The maximum atomic E-state index is 13.9. The van der Waals surface area contributed by atoms with E-state index in [1.165, 1.54) is 17.7 Å². The fourth-order valence-corrected chi connectivity index (χ4v) is 3.51. The molecule has 4 rings (SSSR count). The fraction of sp³-hybridized carbons (Fsp3) is 0.261. The Morgan fingerprint density at radius 2 is 1.67 bits per heavy atom. The molecule has 0 aliphatic carbocycles. The van der Waals surface area contributed by atoms with Crippen molar-refractivity contribution in [3.63, 3.8) is 0 Å². The number of anilines is 3. The minimum Gasteiger partial charge on any atom is -0.353 e. The normalized spacial score (nSPS) is 14.0. The summed E-state index contributed by atoms with van der Waals surface area (Å²) in [5.41, 5.74) is 2.28. The van der Waals surface area contributed by atoms with Crippen LogP contribution in [0.15, 0.2) is 54.6 Å². The molecule has 154 valence electrons. The van der Waals surface area contributed by atoms with E-state index in [1.54, 1.807) is 17.0 Å². The molecule has 30 heavy (non-hydrogen) atoms. The number of halogens is 1. The summed E-state index contributed by atoms with van der Waals surface area (Å²) in [4.78, 5) is 25.5. The largest absolute Gasteiger partial charge is 0.353 e. The molecule has 1 N–H and O–H groups in total. The molecule has 7 heteroatoms. The maximum absolute atomic E-state index is 13.9. The van der Waals surface area contributed by atoms with Crippen LogP contribution in [0, 0.1) is 19.7 Å². The molecule has 1 aliphatic rings. The van der Waals surface area contributed by atoms with Crippen LogP contribution in [-0.2, 0) is 0 Å². The Hall–Kier alpha value is -3.48. The van der Waals surface area contributed by atoms with Gasteiger partial charge in [-0.15, -0.1) is 0 Å². The Balaban J connectivity index is 1.44. The summed E-state index contributed by atoms with van der Waals surface area (Å²) >= 11 is 0. The monoisotopic (exact) mass is 405 g/mol. The molecule has 0 spiro atoms. The molecule has 3 aromatic rings. The summed E-state index contributed by atoms with van der Waals surface area (Å²) in [7, 11) is 0. The van der Waals surface area contributed by atoms with Gasteiger partial charge in [0.1, 0.15) is 23.3 Å². The molecule has 1 aromatic heterocycles. The number of hydrogen-bond donors (Lipinski definition) is 1. The van der Waals surface area contributed by atoms with Gasteiger partial charge < -0.3 is 15.1 Å². The van der Waals surface area contributed by atoms with Crippen molar-refractivity contribution >= 4 is 23.2 Å². The van der Waals surface area contributed by atoms with Gasteiger partial charge in [-0.25, -0.2) is 14.4 Å². The van der Waals surface area contributed by atoms with Crippen LogP contribution in [0.2, 0.25) is 0 Å². The fourth-order valence-electron chi connectivity index (χ4n) is 3.51. The van der Waals surface area contributed by atoms with Crippen molar-refractivity contribution in [2.75, 3.05) is 36.4 Å². The van der Waals surface area contributed by atoms with Gasteiger partial charge >= 0.3 is 0 Å². The molecular weight excluding hydrogens is 381 g/mol. The lowest BCUT2D eigenvalue weighted by Crippen LogP contribution is -2.49. The molecule has 0 bridgehead atoms. The highest BCUT2D eigenvalue weighted by molar-refractivity contribution is 5.94. The van der Waals surface area contributed by atoms with Crippen LogP contribution >= 0.6 is 0 Å². The molecule has 0 saturated carbocycles. The number of aryl methyl sites for hydroxylation is 2. The van der Waals surface area contributed by atoms with E-state index in [4.69, 9.17) is 0 Å². The number of carbonyl (C=O) groups excluding carboxylic acids is 1. The van der Waals surface area contributed by atoms with Crippen LogP contribution in [0.3, 0.4) is 0 Å². The first-order valence-corrected chi connectivity index (χ1v) is 9.98. The third-order valence-electron chi connectivity index (χ3n) is 5.14. The van der Waals surface area contributed by atoms with E-state index in [1.807, 2.05) is 44.2 Å². The Kier molecular flexibility index (Phi) is 5.61. The second-order valence-electron chi connectivity index (χ2n) is 7.41. The predicted molar refractivity (Wildman–Crippen MR) is 116 cm³/mol. The van der Waals surface area contributed by atoms with Gasteiger partial charge in [-0.1, -0.05) is 29.8 Å².